The molecule has 0 unspecified atom stereocenters. The number of nitrogens with one attached hydrogen (secondary N) is 1. The monoisotopic (exact) mass is 234 g/mol. The van der Waals surface area contributed by atoms with Crippen LogP contribution in [-0.4, -0.2) is 30.1 Å². The van der Waals surface area contributed by atoms with E-state index < -0.39 is 0 Å². The predicted molar refractivity (Wildman–Crippen MR) is 71.5 cm³/mol. The average molecular weight is 234 g/mol. The van der Waals surface area contributed by atoms with Crippen LogP contribution in [0.15, 0.2) is 6.33 Å². The molecule has 1 N–H and O–H groups in total. The van der Waals surface area contributed by atoms with Crippen molar-refractivity contribution in [2.24, 2.45) is 5.92 Å². The fourth-order valence-corrected chi connectivity index (χ4v) is 2.18. The second kappa shape index (κ2) is 5.34. The van der Waals surface area contributed by atoms with Gasteiger partial charge in [-0.15, -0.1) is 0 Å². The lowest BCUT2D eigenvalue weighted by Gasteiger charge is -2.25. The Labute approximate surface area is 103 Å². The lowest BCUT2D eigenvalue weighted by atomic mass is 10.2. The minimum Gasteiger partial charge on any atom is -0.373 e. The Hall–Kier alpha value is -1.32. The molecule has 1 heterocycles. The van der Waals surface area contributed by atoms with E-state index in [1.54, 1.807) is 6.33 Å². The summed E-state index contributed by atoms with van der Waals surface area (Å²) < 4.78 is 0. The van der Waals surface area contributed by atoms with Gasteiger partial charge in [0.05, 0.1) is 0 Å². The molecule has 1 fully saturated rings. The highest BCUT2D eigenvalue weighted by atomic mass is 15.2. The minimum atomic E-state index is 0.883. The van der Waals surface area contributed by atoms with Crippen LogP contribution in [-0.2, 0) is 0 Å². The Morgan fingerprint density at radius 1 is 1.41 bits per heavy atom. The van der Waals surface area contributed by atoms with Gasteiger partial charge in [-0.1, -0.05) is 6.92 Å². The molecule has 0 saturated heterocycles. The molecule has 1 saturated carbocycles. The topological polar surface area (TPSA) is 41.1 Å². The summed E-state index contributed by atoms with van der Waals surface area (Å²) in [6.07, 6.45) is 5.57. The fourth-order valence-electron chi connectivity index (χ4n) is 2.18. The molecule has 2 rings (SSSR count). The number of hydrogen-bond donors (Lipinski definition) is 1. The summed E-state index contributed by atoms with van der Waals surface area (Å²) in [6, 6.07) is 0. The van der Waals surface area contributed by atoms with Crippen molar-refractivity contribution in [2.75, 3.05) is 30.4 Å². The predicted octanol–water partition coefficient (Wildman–Crippen LogP) is 2.45. The highest BCUT2D eigenvalue weighted by molar-refractivity contribution is 5.57. The van der Waals surface area contributed by atoms with Gasteiger partial charge in [-0.2, -0.15) is 0 Å². The van der Waals surface area contributed by atoms with Gasteiger partial charge in [0.25, 0.3) is 0 Å². The largest absolute Gasteiger partial charge is 0.373 e. The third-order valence-electron chi connectivity index (χ3n) is 3.26. The third kappa shape index (κ3) is 2.87. The molecule has 1 aliphatic rings. The molecule has 0 aromatic carbocycles. The number of aromatic nitrogens is 2. The molecule has 0 spiro atoms. The first kappa shape index (κ1) is 12.1. The van der Waals surface area contributed by atoms with Crippen LogP contribution in [0.4, 0.5) is 11.6 Å². The lowest BCUT2D eigenvalue weighted by molar-refractivity contribution is 0.696. The van der Waals surface area contributed by atoms with Crippen molar-refractivity contribution in [1.82, 2.24) is 9.97 Å². The van der Waals surface area contributed by atoms with E-state index in [4.69, 9.17) is 0 Å². The maximum atomic E-state index is 4.46. The first-order valence-electron chi connectivity index (χ1n) is 6.50. The summed E-state index contributed by atoms with van der Waals surface area (Å²) in [6.45, 7) is 6.54. The van der Waals surface area contributed by atoms with Crippen molar-refractivity contribution in [2.45, 2.75) is 33.1 Å². The smallest absolute Gasteiger partial charge is 0.137 e. The first-order chi connectivity index (χ1) is 8.26. The zero-order valence-corrected chi connectivity index (χ0v) is 11.0. The highest BCUT2D eigenvalue weighted by Gasteiger charge is 2.25. The molecule has 94 valence electrons. The lowest BCUT2D eigenvalue weighted by Crippen LogP contribution is -2.28. The molecule has 0 atom stereocenters. The Kier molecular flexibility index (Phi) is 3.82. The SMILES string of the molecule is CCCN(CC1CC1)c1ncnc(NC)c1C. The van der Waals surface area contributed by atoms with Gasteiger partial charge < -0.3 is 10.2 Å². The second-order valence-electron chi connectivity index (χ2n) is 4.81. The molecule has 1 aliphatic carbocycles. The third-order valence-corrected chi connectivity index (χ3v) is 3.26. The van der Waals surface area contributed by atoms with E-state index in [2.05, 4.69) is 34.0 Å². The van der Waals surface area contributed by atoms with Crippen LogP contribution < -0.4 is 10.2 Å². The summed E-state index contributed by atoms with van der Waals surface area (Å²) in [4.78, 5) is 11.1. The van der Waals surface area contributed by atoms with Gasteiger partial charge in [0.2, 0.25) is 0 Å². The van der Waals surface area contributed by atoms with Crippen LogP contribution in [0.2, 0.25) is 0 Å². The van der Waals surface area contributed by atoms with Gasteiger partial charge in [-0.25, -0.2) is 9.97 Å². The number of nitrogens with zero attached hydrogens (tertiary/aromatic N) is 3. The van der Waals surface area contributed by atoms with E-state index >= 15 is 0 Å². The molecule has 1 aromatic rings. The number of hydrogen-bond acceptors (Lipinski definition) is 4. The van der Waals surface area contributed by atoms with Crippen molar-refractivity contribution < 1.29 is 0 Å². The standard InChI is InChI=1S/C13H22N4/c1-4-7-17(8-11-5-6-11)13-10(2)12(14-3)15-9-16-13/h9,11H,4-8H2,1-3H3,(H,14,15,16). The fraction of sp³-hybridized carbons (Fsp3) is 0.692. The van der Waals surface area contributed by atoms with E-state index in [1.165, 1.54) is 12.8 Å². The molecule has 1 aromatic heterocycles. The summed E-state index contributed by atoms with van der Waals surface area (Å²) >= 11 is 0. The number of rotatable bonds is 6. The first-order valence-corrected chi connectivity index (χ1v) is 6.50. The van der Waals surface area contributed by atoms with E-state index in [0.717, 1.165) is 42.6 Å². The van der Waals surface area contributed by atoms with Crippen LogP contribution in [0.1, 0.15) is 31.7 Å². The Balaban J connectivity index is 2.20. The molecule has 4 nitrogen and oxygen atoms in total. The average Bonchev–Trinajstić information content (AvgIpc) is 3.13. The molecule has 0 aliphatic heterocycles. The summed E-state index contributed by atoms with van der Waals surface area (Å²) in [5, 5.41) is 3.12. The Bertz CT molecular complexity index is 374. The summed E-state index contributed by atoms with van der Waals surface area (Å²) in [7, 11) is 1.91. The molecule has 17 heavy (non-hydrogen) atoms. The minimum absolute atomic E-state index is 0.883. The molecule has 0 radical (unpaired) electrons. The van der Waals surface area contributed by atoms with E-state index in [1.807, 2.05) is 7.05 Å². The van der Waals surface area contributed by atoms with Gasteiger partial charge >= 0.3 is 0 Å². The van der Waals surface area contributed by atoms with Crippen LogP contribution in [0.5, 0.6) is 0 Å². The van der Waals surface area contributed by atoms with E-state index in [0.29, 0.717) is 0 Å². The maximum Gasteiger partial charge on any atom is 0.137 e. The van der Waals surface area contributed by atoms with Crippen LogP contribution in [0.3, 0.4) is 0 Å². The number of anilines is 2. The zero-order valence-electron chi connectivity index (χ0n) is 11.0. The van der Waals surface area contributed by atoms with E-state index in [9.17, 15) is 0 Å². The second-order valence-corrected chi connectivity index (χ2v) is 4.81. The molecular formula is C13H22N4. The summed E-state index contributed by atoms with van der Waals surface area (Å²) in [5.74, 6) is 2.92. The molecule has 0 bridgehead atoms. The van der Waals surface area contributed by atoms with Crippen molar-refractivity contribution in [3.8, 4) is 0 Å². The normalized spacial score (nSPS) is 14.8. The van der Waals surface area contributed by atoms with Gasteiger partial charge in [-0.05, 0) is 32.1 Å². The Morgan fingerprint density at radius 3 is 2.76 bits per heavy atom. The maximum absolute atomic E-state index is 4.46. The van der Waals surface area contributed by atoms with Crippen molar-refractivity contribution in [3.05, 3.63) is 11.9 Å². The van der Waals surface area contributed by atoms with Crippen molar-refractivity contribution >= 4 is 11.6 Å². The van der Waals surface area contributed by atoms with Gasteiger partial charge in [-0.3, -0.25) is 0 Å². The van der Waals surface area contributed by atoms with Gasteiger partial charge in [0.1, 0.15) is 18.0 Å². The van der Waals surface area contributed by atoms with Crippen molar-refractivity contribution in [3.63, 3.8) is 0 Å². The van der Waals surface area contributed by atoms with Crippen molar-refractivity contribution in [1.29, 1.82) is 0 Å². The Morgan fingerprint density at radius 2 is 2.18 bits per heavy atom. The van der Waals surface area contributed by atoms with Gasteiger partial charge in [0, 0.05) is 25.7 Å². The molecule has 4 heteroatoms. The van der Waals surface area contributed by atoms with Crippen LogP contribution in [0.25, 0.3) is 0 Å². The zero-order chi connectivity index (χ0) is 12.3. The molecular weight excluding hydrogens is 212 g/mol. The van der Waals surface area contributed by atoms with Crippen LogP contribution >= 0.6 is 0 Å². The highest BCUT2D eigenvalue weighted by Crippen LogP contribution is 2.32. The van der Waals surface area contributed by atoms with E-state index in [-0.39, 0.29) is 0 Å². The summed E-state index contributed by atoms with van der Waals surface area (Å²) in [5.41, 5.74) is 1.16. The van der Waals surface area contributed by atoms with Crippen LogP contribution in [0, 0.1) is 12.8 Å². The van der Waals surface area contributed by atoms with Gasteiger partial charge in [0.15, 0.2) is 0 Å². The molecule has 0 amide bonds. The quantitative estimate of drug-likeness (QED) is 0.821.